The fourth-order valence-electron chi connectivity index (χ4n) is 3.33. The topological polar surface area (TPSA) is 26.0 Å². The largest absolute Gasteiger partial charge is 0.324 e. The highest BCUT2D eigenvalue weighted by Crippen LogP contribution is 2.40. The summed E-state index contributed by atoms with van der Waals surface area (Å²) < 4.78 is 13.9. The summed E-state index contributed by atoms with van der Waals surface area (Å²) in [6.45, 7) is 4.60. The van der Waals surface area contributed by atoms with Crippen LogP contribution in [0.2, 0.25) is 0 Å². The van der Waals surface area contributed by atoms with Crippen LogP contribution in [0.5, 0.6) is 0 Å². The fraction of sp³-hybridized carbons (Fsp3) is 0.600. The zero-order valence-corrected chi connectivity index (χ0v) is 12.6. The zero-order chi connectivity index (χ0) is 13.3. The first-order valence-electron chi connectivity index (χ1n) is 6.68. The number of hydrogen-bond donors (Lipinski definition) is 1. The third kappa shape index (κ3) is 3.12. The monoisotopic (exact) mass is 313 g/mol. The van der Waals surface area contributed by atoms with Gasteiger partial charge in [-0.05, 0) is 54.7 Å². The van der Waals surface area contributed by atoms with Crippen LogP contribution in [-0.2, 0) is 0 Å². The number of hydrogen-bond acceptors (Lipinski definition) is 1. The average Bonchev–Trinajstić information content (AvgIpc) is 2.26. The molecule has 2 N–H and O–H groups in total. The summed E-state index contributed by atoms with van der Waals surface area (Å²) in [6.07, 6.45) is 3.65. The van der Waals surface area contributed by atoms with E-state index in [1.807, 2.05) is 6.07 Å². The molecule has 1 saturated carbocycles. The summed E-state index contributed by atoms with van der Waals surface area (Å²) in [5, 5.41) is 0. The Labute approximate surface area is 117 Å². The molecule has 3 unspecified atom stereocenters. The maximum absolute atomic E-state index is 13.1. The Hall–Kier alpha value is -0.410. The molecule has 0 aromatic heterocycles. The molecule has 3 heteroatoms. The Morgan fingerprint density at radius 3 is 2.39 bits per heavy atom. The highest BCUT2D eigenvalue weighted by Gasteiger charge is 2.29. The summed E-state index contributed by atoms with van der Waals surface area (Å²) in [5.41, 5.74) is 7.42. The SMILES string of the molecule is CC1CC(C)CC(C(N)c2ccc(F)cc2Br)C1. The Bertz CT molecular complexity index is 411. The first kappa shape index (κ1) is 14.0. The molecule has 1 aliphatic rings. The van der Waals surface area contributed by atoms with Gasteiger partial charge < -0.3 is 5.73 Å². The Balaban J connectivity index is 2.17. The Morgan fingerprint density at radius 1 is 1.22 bits per heavy atom. The molecule has 0 bridgehead atoms. The molecule has 1 aromatic carbocycles. The summed E-state index contributed by atoms with van der Waals surface area (Å²) >= 11 is 3.42. The number of benzene rings is 1. The lowest BCUT2D eigenvalue weighted by atomic mass is 9.72. The smallest absolute Gasteiger partial charge is 0.124 e. The minimum Gasteiger partial charge on any atom is -0.324 e. The van der Waals surface area contributed by atoms with E-state index in [1.165, 1.54) is 31.4 Å². The number of halogens is 2. The predicted molar refractivity (Wildman–Crippen MR) is 76.7 cm³/mol. The number of nitrogens with two attached hydrogens (primary N) is 1. The van der Waals surface area contributed by atoms with E-state index in [1.54, 1.807) is 0 Å². The van der Waals surface area contributed by atoms with Crippen molar-refractivity contribution in [3.63, 3.8) is 0 Å². The molecule has 0 amide bonds. The highest BCUT2D eigenvalue weighted by molar-refractivity contribution is 9.10. The van der Waals surface area contributed by atoms with Crippen molar-refractivity contribution in [2.24, 2.45) is 23.5 Å². The number of rotatable bonds is 2. The van der Waals surface area contributed by atoms with Gasteiger partial charge in [-0.3, -0.25) is 0 Å². The zero-order valence-electron chi connectivity index (χ0n) is 11.0. The quantitative estimate of drug-likeness (QED) is 0.844. The molecule has 0 saturated heterocycles. The van der Waals surface area contributed by atoms with Gasteiger partial charge in [0.25, 0.3) is 0 Å². The van der Waals surface area contributed by atoms with Gasteiger partial charge >= 0.3 is 0 Å². The van der Waals surface area contributed by atoms with Gasteiger partial charge in [0.05, 0.1) is 0 Å². The van der Waals surface area contributed by atoms with Crippen molar-refractivity contribution < 1.29 is 4.39 Å². The first-order valence-corrected chi connectivity index (χ1v) is 7.47. The van der Waals surface area contributed by atoms with Crippen LogP contribution >= 0.6 is 15.9 Å². The van der Waals surface area contributed by atoms with Crippen molar-refractivity contribution in [3.05, 3.63) is 34.1 Å². The molecule has 0 aliphatic heterocycles. The van der Waals surface area contributed by atoms with Gasteiger partial charge in [0.1, 0.15) is 5.82 Å². The van der Waals surface area contributed by atoms with E-state index in [0.29, 0.717) is 5.92 Å². The van der Waals surface area contributed by atoms with Crippen molar-refractivity contribution >= 4 is 15.9 Å². The molecule has 0 spiro atoms. The summed E-state index contributed by atoms with van der Waals surface area (Å²) in [6, 6.07) is 4.82. The molecule has 1 fully saturated rings. The molecule has 1 aliphatic carbocycles. The summed E-state index contributed by atoms with van der Waals surface area (Å²) in [7, 11) is 0. The van der Waals surface area contributed by atoms with Gasteiger partial charge in [-0.2, -0.15) is 0 Å². The van der Waals surface area contributed by atoms with Crippen LogP contribution in [0.3, 0.4) is 0 Å². The van der Waals surface area contributed by atoms with Crippen molar-refractivity contribution in [2.75, 3.05) is 0 Å². The lowest BCUT2D eigenvalue weighted by Crippen LogP contribution is -2.29. The molecular formula is C15H21BrFN. The van der Waals surface area contributed by atoms with Crippen molar-refractivity contribution in [1.29, 1.82) is 0 Å². The molecule has 2 rings (SSSR count). The average molecular weight is 314 g/mol. The van der Waals surface area contributed by atoms with E-state index < -0.39 is 0 Å². The van der Waals surface area contributed by atoms with Gasteiger partial charge in [0, 0.05) is 10.5 Å². The second-order valence-electron chi connectivity index (χ2n) is 5.87. The maximum Gasteiger partial charge on any atom is 0.124 e. The van der Waals surface area contributed by atoms with E-state index in [0.717, 1.165) is 21.9 Å². The molecule has 0 heterocycles. The molecule has 100 valence electrons. The third-order valence-corrected chi connectivity index (χ3v) is 4.73. The van der Waals surface area contributed by atoms with E-state index in [-0.39, 0.29) is 11.9 Å². The second kappa shape index (κ2) is 5.70. The first-order chi connectivity index (χ1) is 8.47. The van der Waals surface area contributed by atoms with Crippen LogP contribution in [0.15, 0.2) is 22.7 Å². The van der Waals surface area contributed by atoms with Gasteiger partial charge in [-0.15, -0.1) is 0 Å². The minimum atomic E-state index is -0.219. The molecular weight excluding hydrogens is 293 g/mol. The molecule has 1 aromatic rings. The summed E-state index contributed by atoms with van der Waals surface area (Å²) in [5.74, 6) is 1.77. The predicted octanol–water partition coefficient (Wildman–Crippen LogP) is 4.66. The van der Waals surface area contributed by atoms with E-state index in [9.17, 15) is 4.39 Å². The molecule has 3 atom stereocenters. The summed E-state index contributed by atoms with van der Waals surface area (Å²) in [4.78, 5) is 0. The molecule has 18 heavy (non-hydrogen) atoms. The maximum atomic E-state index is 13.1. The minimum absolute atomic E-state index is 0.00479. The molecule has 1 nitrogen and oxygen atoms in total. The normalized spacial score (nSPS) is 30.2. The lowest BCUT2D eigenvalue weighted by molar-refractivity contribution is 0.193. The van der Waals surface area contributed by atoms with Crippen LogP contribution in [0.4, 0.5) is 4.39 Å². The van der Waals surface area contributed by atoms with Crippen molar-refractivity contribution in [2.45, 2.75) is 39.2 Å². The van der Waals surface area contributed by atoms with Gasteiger partial charge in [-0.25, -0.2) is 4.39 Å². The van der Waals surface area contributed by atoms with Gasteiger partial charge in [0.2, 0.25) is 0 Å². The fourth-order valence-corrected chi connectivity index (χ4v) is 3.94. The van der Waals surface area contributed by atoms with Crippen LogP contribution in [-0.4, -0.2) is 0 Å². The molecule has 0 radical (unpaired) electrons. The van der Waals surface area contributed by atoms with Crippen molar-refractivity contribution in [1.82, 2.24) is 0 Å². The van der Waals surface area contributed by atoms with Crippen LogP contribution in [0.25, 0.3) is 0 Å². The van der Waals surface area contributed by atoms with Crippen LogP contribution in [0.1, 0.15) is 44.7 Å². The second-order valence-corrected chi connectivity index (χ2v) is 6.72. The van der Waals surface area contributed by atoms with E-state index in [2.05, 4.69) is 29.8 Å². The van der Waals surface area contributed by atoms with Crippen molar-refractivity contribution in [3.8, 4) is 0 Å². The van der Waals surface area contributed by atoms with Gasteiger partial charge in [-0.1, -0.05) is 35.8 Å². The Morgan fingerprint density at radius 2 is 1.83 bits per heavy atom. The van der Waals surface area contributed by atoms with Gasteiger partial charge in [0.15, 0.2) is 0 Å². The van der Waals surface area contributed by atoms with E-state index >= 15 is 0 Å². The van der Waals surface area contributed by atoms with E-state index in [4.69, 9.17) is 5.73 Å². The van der Waals surface area contributed by atoms with Crippen LogP contribution < -0.4 is 5.73 Å². The van der Waals surface area contributed by atoms with Crippen LogP contribution in [0, 0.1) is 23.6 Å². The lowest BCUT2D eigenvalue weighted by Gasteiger charge is -2.35. The standard InChI is InChI=1S/C15H21BrFN/c1-9-5-10(2)7-11(6-9)15(18)13-4-3-12(17)8-14(13)16/h3-4,8-11,15H,5-7,18H2,1-2H3. The highest BCUT2D eigenvalue weighted by atomic mass is 79.9. The Kier molecular flexibility index (Phi) is 4.44. The third-order valence-electron chi connectivity index (χ3n) is 4.04.